The van der Waals surface area contributed by atoms with Crippen LogP contribution in [-0.4, -0.2) is 42.7 Å². The summed E-state index contributed by atoms with van der Waals surface area (Å²) in [5.41, 5.74) is 0.219. The van der Waals surface area contributed by atoms with E-state index in [1.165, 1.54) is 4.88 Å². The fourth-order valence-corrected chi connectivity index (χ4v) is 4.25. The molecule has 1 atom stereocenters. The maximum Gasteiger partial charge on any atom is 0.236 e. The Bertz CT molecular complexity index is 979. The van der Waals surface area contributed by atoms with E-state index in [1.807, 2.05) is 0 Å². The standard InChI is InChI=1S/C21H21ClN4O3S/c22-15-3-5-16(6-4-15)28-14-20-25-17(12-23)21(29-20)24-13-18(19-2-1-11-30-19)26-7-9-27-10-8-26/h1-6,11,18,24H,7-10,13-14H2/t18-/m0/s1. The normalized spacial score (nSPS) is 15.5. The predicted octanol–water partition coefficient (Wildman–Crippen LogP) is 4.33. The first kappa shape index (κ1) is 20.7. The number of hydrogen-bond donors (Lipinski definition) is 1. The molecule has 1 N–H and O–H groups in total. The lowest BCUT2D eigenvalue weighted by atomic mass is 10.2. The molecule has 0 unspecified atom stereocenters. The molecule has 7 nitrogen and oxygen atoms in total. The van der Waals surface area contributed by atoms with Crippen LogP contribution in [0, 0.1) is 11.3 Å². The number of oxazole rings is 1. The van der Waals surface area contributed by atoms with Crippen LogP contribution >= 0.6 is 22.9 Å². The van der Waals surface area contributed by atoms with Gasteiger partial charge in [-0.1, -0.05) is 17.7 Å². The summed E-state index contributed by atoms with van der Waals surface area (Å²) in [6.07, 6.45) is 0. The molecule has 0 bridgehead atoms. The summed E-state index contributed by atoms with van der Waals surface area (Å²) in [7, 11) is 0. The Morgan fingerprint density at radius 3 is 2.77 bits per heavy atom. The van der Waals surface area contributed by atoms with E-state index in [2.05, 4.69) is 38.8 Å². The molecule has 0 saturated carbocycles. The fourth-order valence-electron chi connectivity index (χ4n) is 3.27. The van der Waals surface area contributed by atoms with E-state index < -0.39 is 0 Å². The van der Waals surface area contributed by atoms with Crippen molar-refractivity contribution in [3.63, 3.8) is 0 Å². The summed E-state index contributed by atoms with van der Waals surface area (Å²) < 4.78 is 16.9. The highest BCUT2D eigenvalue weighted by molar-refractivity contribution is 7.10. The molecule has 30 heavy (non-hydrogen) atoms. The molecule has 0 spiro atoms. The van der Waals surface area contributed by atoms with Crippen molar-refractivity contribution in [3.05, 3.63) is 63.3 Å². The molecule has 1 saturated heterocycles. The van der Waals surface area contributed by atoms with Gasteiger partial charge < -0.3 is 19.2 Å². The highest BCUT2D eigenvalue weighted by atomic mass is 35.5. The third-order valence-electron chi connectivity index (χ3n) is 4.77. The van der Waals surface area contributed by atoms with Crippen LogP contribution in [0.5, 0.6) is 5.75 Å². The van der Waals surface area contributed by atoms with Crippen LogP contribution in [0.4, 0.5) is 5.88 Å². The van der Waals surface area contributed by atoms with E-state index in [0.717, 1.165) is 26.3 Å². The number of ether oxygens (including phenoxy) is 2. The molecule has 4 rings (SSSR count). The Kier molecular flexibility index (Phi) is 6.87. The lowest BCUT2D eigenvalue weighted by Crippen LogP contribution is -2.41. The molecule has 2 aromatic heterocycles. The molecule has 1 aliphatic heterocycles. The molecule has 9 heteroatoms. The SMILES string of the molecule is N#Cc1nc(COc2ccc(Cl)cc2)oc1NC[C@@H](c1cccs1)N1CCOCC1. The van der Waals surface area contributed by atoms with Gasteiger partial charge in [0, 0.05) is 29.5 Å². The van der Waals surface area contributed by atoms with Gasteiger partial charge in [-0.25, -0.2) is 0 Å². The van der Waals surface area contributed by atoms with E-state index in [4.69, 9.17) is 25.5 Å². The molecule has 3 aromatic rings. The van der Waals surface area contributed by atoms with Crippen molar-refractivity contribution in [1.29, 1.82) is 5.26 Å². The van der Waals surface area contributed by atoms with Crippen molar-refractivity contribution in [3.8, 4) is 11.8 Å². The molecular weight excluding hydrogens is 424 g/mol. The summed E-state index contributed by atoms with van der Waals surface area (Å²) in [6.45, 7) is 3.90. The first-order valence-electron chi connectivity index (χ1n) is 9.60. The van der Waals surface area contributed by atoms with Gasteiger partial charge in [0.25, 0.3) is 0 Å². The van der Waals surface area contributed by atoms with Gasteiger partial charge in [-0.2, -0.15) is 10.2 Å². The lowest BCUT2D eigenvalue weighted by Gasteiger charge is -2.34. The first-order valence-corrected chi connectivity index (χ1v) is 10.9. The summed E-state index contributed by atoms with van der Waals surface area (Å²) in [6, 6.07) is 13.5. The highest BCUT2D eigenvalue weighted by Crippen LogP contribution is 2.27. The van der Waals surface area contributed by atoms with Crippen molar-refractivity contribution in [1.82, 2.24) is 9.88 Å². The maximum absolute atomic E-state index is 9.45. The summed E-state index contributed by atoms with van der Waals surface area (Å²) >= 11 is 7.60. The molecule has 3 heterocycles. The monoisotopic (exact) mass is 444 g/mol. The number of thiophene rings is 1. The molecular formula is C21H21ClN4O3S. The van der Waals surface area contributed by atoms with E-state index in [0.29, 0.717) is 29.1 Å². The summed E-state index contributed by atoms with van der Waals surface area (Å²) in [5.74, 6) is 1.35. The number of hydrogen-bond acceptors (Lipinski definition) is 8. The Morgan fingerprint density at radius 2 is 2.07 bits per heavy atom. The summed E-state index contributed by atoms with van der Waals surface area (Å²) in [5, 5.41) is 15.4. The minimum atomic E-state index is 0.121. The molecule has 0 amide bonds. The third-order valence-corrected chi connectivity index (χ3v) is 5.99. The van der Waals surface area contributed by atoms with Gasteiger partial charge >= 0.3 is 0 Å². The molecule has 1 aliphatic rings. The quantitative estimate of drug-likeness (QED) is 0.553. The van der Waals surface area contributed by atoms with Crippen LogP contribution in [0.2, 0.25) is 5.02 Å². The van der Waals surface area contributed by atoms with Crippen LogP contribution < -0.4 is 10.1 Å². The highest BCUT2D eigenvalue weighted by Gasteiger charge is 2.24. The van der Waals surface area contributed by atoms with Crippen LogP contribution in [0.1, 0.15) is 22.5 Å². The van der Waals surface area contributed by atoms with Crippen LogP contribution in [0.25, 0.3) is 0 Å². The van der Waals surface area contributed by atoms with Gasteiger partial charge in [0.2, 0.25) is 17.5 Å². The van der Waals surface area contributed by atoms with Crippen LogP contribution in [0.3, 0.4) is 0 Å². The Labute approximate surface area is 183 Å². The van der Waals surface area contributed by atoms with Crippen LogP contribution in [0.15, 0.2) is 46.2 Å². The van der Waals surface area contributed by atoms with Gasteiger partial charge in [0.1, 0.15) is 11.8 Å². The largest absolute Gasteiger partial charge is 0.484 e. The smallest absolute Gasteiger partial charge is 0.236 e. The van der Waals surface area contributed by atoms with Crippen LogP contribution in [-0.2, 0) is 11.3 Å². The summed E-state index contributed by atoms with van der Waals surface area (Å²) in [4.78, 5) is 7.88. The number of halogens is 1. The zero-order chi connectivity index (χ0) is 20.8. The van der Waals surface area contributed by atoms with Gasteiger partial charge in [-0.05, 0) is 35.7 Å². The number of benzene rings is 1. The molecule has 0 radical (unpaired) electrons. The van der Waals surface area contributed by atoms with Crippen molar-refractivity contribution in [2.45, 2.75) is 12.6 Å². The number of morpholine rings is 1. The van der Waals surface area contributed by atoms with Crippen molar-refractivity contribution in [2.75, 3.05) is 38.2 Å². The minimum absolute atomic E-state index is 0.121. The zero-order valence-corrected chi connectivity index (χ0v) is 17.8. The number of nitrogens with zero attached hydrogens (tertiary/aromatic N) is 3. The Morgan fingerprint density at radius 1 is 1.27 bits per heavy atom. The van der Waals surface area contributed by atoms with Gasteiger partial charge in [-0.3, -0.25) is 4.90 Å². The van der Waals surface area contributed by atoms with E-state index >= 15 is 0 Å². The number of rotatable bonds is 8. The van der Waals surface area contributed by atoms with Crippen molar-refractivity contribution in [2.24, 2.45) is 0 Å². The van der Waals surface area contributed by atoms with E-state index in [9.17, 15) is 5.26 Å². The average Bonchev–Trinajstić information content (AvgIpc) is 3.44. The molecule has 0 aliphatic carbocycles. The molecule has 1 fully saturated rings. The molecule has 1 aromatic carbocycles. The second-order valence-electron chi connectivity index (χ2n) is 6.70. The number of aromatic nitrogens is 1. The van der Waals surface area contributed by atoms with Gasteiger partial charge in [-0.15, -0.1) is 11.3 Å². The lowest BCUT2D eigenvalue weighted by molar-refractivity contribution is 0.0193. The van der Waals surface area contributed by atoms with Gasteiger partial charge in [0.15, 0.2) is 6.61 Å². The number of nitrogens with one attached hydrogen (secondary N) is 1. The maximum atomic E-state index is 9.45. The third kappa shape index (κ3) is 5.12. The second kappa shape index (κ2) is 9.96. The second-order valence-corrected chi connectivity index (χ2v) is 8.12. The fraction of sp³-hybridized carbons (Fsp3) is 0.333. The predicted molar refractivity (Wildman–Crippen MR) is 115 cm³/mol. The van der Waals surface area contributed by atoms with Gasteiger partial charge in [0.05, 0.1) is 19.3 Å². The average molecular weight is 445 g/mol. The van der Waals surface area contributed by atoms with E-state index in [1.54, 1.807) is 35.6 Å². The van der Waals surface area contributed by atoms with Crippen molar-refractivity contribution >= 4 is 28.8 Å². The Hall–Kier alpha value is -2.57. The molecule has 156 valence electrons. The first-order chi connectivity index (χ1) is 14.7. The number of anilines is 1. The topological polar surface area (TPSA) is 83.5 Å². The van der Waals surface area contributed by atoms with Crippen molar-refractivity contribution < 1.29 is 13.9 Å². The Balaban J connectivity index is 1.42. The minimum Gasteiger partial charge on any atom is -0.484 e. The zero-order valence-electron chi connectivity index (χ0n) is 16.2. The number of nitriles is 1. The van der Waals surface area contributed by atoms with E-state index in [-0.39, 0.29) is 18.3 Å².